The first-order chi connectivity index (χ1) is 11.2. The summed E-state index contributed by atoms with van der Waals surface area (Å²) in [6.45, 7) is 10.8. The molecule has 24 heavy (non-hydrogen) atoms. The summed E-state index contributed by atoms with van der Waals surface area (Å²) in [4.78, 5) is 12.2. The van der Waals surface area contributed by atoms with E-state index in [4.69, 9.17) is 11.6 Å². The van der Waals surface area contributed by atoms with Gasteiger partial charge in [-0.25, -0.2) is 0 Å². The van der Waals surface area contributed by atoms with Crippen LogP contribution in [0, 0.1) is 27.7 Å². The number of aromatic nitrogens is 4. The Morgan fingerprint density at radius 2 is 1.88 bits per heavy atom. The molecule has 0 radical (unpaired) electrons. The number of hydrogen-bond donors (Lipinski definition) is 1. The fourth-order valence-electron chi connectivity index (χ4n) is 2.69. The molecule has 0 aliphatic carbocycles. The smallest absolute Gasteiger partial charge is 0.222 e. The molecule has 2 rings (SSSR count). The van der Waals surface area contributed by atoms with Crippen LogP contribution in [0.3, 0.4) is 0 Å². The van der Waals surface area contributed by atoms with Crippen molar-refractivity contribution < 1.29 is 4.79 Å². The zero-order chi connectivity index (χ0) is 18.0. The maximum Gasteiger partial charge on any atom is 0.222 e. The van der Waals surface area contributed by atoms with Crippen LogP contribution in [-0.2, 0) is 11.3 Å². The highest BCUT2D eigenvalue weighted by Gasteiger charge is 2.17. The molecule has 1 amide bonds. The molecule has 0 saturated carbocycles. The zero-order valence-electron chi connectivity index (χ0n) is 14.7. The number of hydrogen-bond acceptors (Lipinski definition) is 3. The van der Waals surface area contributed by atoms with Gasteiger partial charge in [0.1, 0.15) is 0 Å². The van der Waals surface area contributed by atoms with Crippen LogP contribution in [0.1, 0.15) is 42.2 Å². The van der Waals surface area contributed by atoms with E-state index >= 15 is 0 Å². The minimum Gasteiger partial charge on any atom is -0.354 e. The second-order valence-electron chi connectivity index (χ2n) is 6.04. The van der Waals surface area contributed by atoms with Crippen LogP contribution in [-0.4, -0.2) is 32.0 Å². The van der Waals surface area contributed by atoms with Crippen LogP contribution in [0.2, 0.25) is 5.02 Å². The van der Waals surface area contributed by atoms with E-state index in [9.17, 15) is 4.79 Å². The first kappa shape index (κ1) is 19.0. The molecule has 1 N–H and O–H groups in total. The standard InChI is InChI=1S/C16H23BrClN5O/c1-9(23-12(4)15(17)10(2)21-23)8-14(24)19-6-7-22-13(5)16(18)11(3)20-22/h9H,6-8H2,1-5H3,(H,19,24). The molecule has 132 valence electrons. The molecule has 0 spiro atoms. The minimum absolute atomic E-state index is 0.00111. The minimum atomic E-state index is -0.00173. The van der Waals surface area contributed by atoms with Gasteiger partial charge in [-0.1, -0.05) is 11.6 Å². The molecule has 6 nitrogen and oxygen atoms in total. The predicted octanol–water partition coefficient (Wildman–Crippen LogP) is 3.50. The largest absolute Gasteiger partial charge is 0.354 e. The third-order valence-corrected chi connectivity index (χ3v) is 5.77. The number of nitrogens with one attached hydrogen (secondary N) is 1. The van der Waals surface area contributed by atoms with E-state index in [1.165, 1.54) is 0 Å². The number of carbonyl (C=O) groups is 1. The molecular weight excluding hydrogens is 394 g/mol. The molecule has 1 unspecified atom stereocenters. The van der Waals surface area contributed by atoms with Gasteiger partial charge < -0.3 is 5.32 Å². The lowest BCUT2D eigenvalue weighted by Crippen LogP contribution is -2.29. The Morgan fingerprint density at radius 3 is 2.38 bits per heavy atom. The van der Waals surface area contributed by atoms with Crippen molar-refractivity contribution in [3.8, 4) is 0 Å². The van der Waals surface area contributed by atoms with Crippen LogP contribution in [0.15, 0.2) is 4.47 Å². The summed E-state index contributed by atoms with van der Waals surface area (Å²) < 4.78 is 4.70. The third kappa shape index (κ3) is 4.00. The second-order valence-corrected chi connectivity index (χ2v) is 7.21. The molecular formula is C16H23BrClN5O. The lowest BCUT2D eigenvalue weighted by atomic mass is 10.2. The van der Waals surface area contributed by atoms with E-state index in [-0.39, 0.29) is 11.9 Å². The first-order valence-electron chi connectivity index (χ1n) is 7.89. The first-order valence-corrected chi connectivity index (χ1v) is 9.06. The molecule has 1 atom stereocenters. The third-order valence-electron chi connectivity index (χ3n) is 4.07. The summed E-state index contributed by atoms with van der Waals surface area (Å²) in [5.41, 5.74) is 3.69. The van der Waals surface area contributed by atoms with E-state index < -0.39 is 0 Å². The maximum absolute atomic E-state index is 12.2. The van der Waals surface area contributed by atoms with Crippen molar-refractivity contribution >= 4 is 33.4 Å². The summed E-state index contributed by atoms with van der Waals surface area (Å²) >= 11 is 9.63. The van der Waals surface area contributed by atoms with Crippen molar-refractivity contribution in [3.63, 3.8) is 0 Å². The molecule has 0 fully saturated rings. The molecule has 2 aromatic rings. The summed E-state index contributed by atoms with van der Waals surface area (Å²) in [5.74, 6) is -0.00111. The van der Waals surface area contributed by atoms with Crippen LogP contribution in [0.25, 0.3) is 0 Å². The van der Waals surface area contributed by atoms with Gasteiger partial charge in [0, 0.05) is 13.0 Å². The van der Waals surface area contributed by atoms with Gasteiger partial charge in [-0.3, -0.25) is 14.2 Å². The number of aryl methyl sites for hydroxylation is 2. The van der Waals surface area contributed by atoms with E-state index in [0.29, 0.717) is 24.5 Å². The van der Waals surface area contributed by atoms with Crippen LogP contribution in [0.4, 0.5) is 0 Å². The van der Waals surface area contributed by atoms with Crippen molar-refractivity contribution in [2.45, 2.75) is 53.6 Å². The lowest BCUT2D eigenvalue weighted by Gasteiger charge is -2.14. The van der Waals surface area contributed by atoms with Gasteiger partial charge in [0.25, 0.3) is 0 Å². The molecule has 0 aliphatic heterocycles. The average molecular weight is 417 g/mol. The number of halogens is 2. The van der Waals surface area contributed by atoms with Crippen molar-refractivity contribution in [1.29, 1.82) is 0 Å². The zero-order valence-corrected chi connectivity index (χ0v) is 17.0. The Bertz CT molecular complexity index is 752. The Labute approximate surface area is 155 Å². The molecule has 0 aliphatic rings. The monoisotopic (exact) mass is 415 g/mol. The maximum atomic E-state index is 12.2. The van der Waals surface area contributed by atoms with Crippen molar-refractivity contribution in [2.75, 3.05) is 6.54 Å². The highest BCUT2D eigenvalue weighted by molar-refractivity contribution is 9.10. The summed E-state index contributed by atoms with van der Waals surface area (Å²) in [6.07, 6.45) is 0.381. The molecule has 0 aromatic carbocycles. The second kappa shape index (κ2) is 7.70. The number of nitrogens with zero attached hydrogens (tertiary/aromatic N) is 4. The van der Waals surface area contributed by atoms with Crippen molar-refractivity contribution in [3.05, 3.63) is 32.3 Å². The van der Waals surface area contributed by atoms with Crippen molar-refractivity contribution in [1.82, 2.24) is 24.9 Å². The molecule has 0 saturated heterocycles. The number of amides is 1. The fraction of sp³-hybridized carbons (Fsp3) is 0.562. The van der Waals surface area contributed by atoms with Gasteiger partial charge in [0.2, 0.25) is 5.91 Å². The molecule has 2 aromatic heterocycles. The normalized spacial score (nSPS) is 12.5. The summed E-state index contributed by atoms with van der Waals surface area (Å²) in [5, 5.41) is 12.4. The molecule has 0 bridgehead atoms. The molecule has 2 heterocycles. The summed E-state index contributed by atoms with van der Waals surface area (Å²) in [6, 6.07) is -0.00173. The van der Waals surface area contributed by atoms with Gasteiger partial charge >= 0.3 is 0 Å². The quantitative estimate of drug-likeness (QED) is 0.784. The topological polar surface area (TPSA) is 64.7 Å². The Kier molecular flexibility index (Phi) is 6.09. The van der Waals surface area contributed by atoms with Crippen LogP contribution >= 0.6 is 27.5 Å². The van der Waals surface area contributed by atoms with Crippen LogP contribution in [0.5, 0.6) is 0 Å². The fourth-order valence-corrected chi connectivity index (χ4v) is 3.09. The Balaban J connectivity index is 1.86. The van der Waals surface area contributed by atoms with E-state index in [2.05, 4.69) is 31.4 Å². The van der Waals surface area contributed by atoms with Crippen molar-refractivity contribution in [2.24, 2.45) is 0 Å². The SMILES string of the molecule is Cc1nn(CCNC(=O)CC(C)n2nc(C)c(Br)c2C)c(C)c1Cl. The van der Waals surface area contributed by atoms with E-state index in [0.717, 1.165) is 27.2 Å². The summed E-state index contributed by atoms with van der Waals surface area (Å²) in [7, 11) is 0. The highest BCUT2D eigenvalue weighted by atomic mass is 79.9. The van der Waals surface area contributed by atoms with Gasteiger partial charge in [-0.05, 0) is 50.5 Å². The van der Waals surface area contributed by atoms with Gasteiger partial charge in [0.05, 0.1) is 44.9 Å². The lowest BCUT2D eigenvalue weighted by molar-refractivity contribution is -0.121. The number of carbonyl (C=O) groups excluding carboxylic acids is 1. The average Bonchev–Trinajstić information content (AvgIpc) is 2.92. The van der Waals surface area contributed by atoms with E-state index in [1.54, 1.807) is 0 Å². The van der Waals surface area contributed by atoms with Gasteiger partial charge in [0.15, 0.2) is 0 Å². The van der Waals surface area contributed by atoms with Crippen LogP contribution < -0.4 is 5.32 Å². The molecule has 8 heteroatoms. The number of rotatable bonds is 6. The van der Waals surface area contributed by atoms with E-state index in [1.807, 2.05) is 44.0 Å². The Hall–Kier alpha value is -1.34. The van der Waals surface area contributed by atoms with Gasteiger partial charge in [-0.2, -0.15) is 10.2 Å². The predicted molar refractivity (Wildman–Crippen MR) is 98.4 cm³/mol. The van der Waals surface area contributed by atoms with Gasteiger partial charge in [-0.15, -0.1) is 0 Å². The highest BCUT2D eigenvalue weighted by Crippen LogP contribution is 2.24. The Morgan fingerprint density at radius 1 is 1.21 bits per heavy atom.